The van der Waals surface area contributed by atoms with E-state index in [4.69, 9.17) is 16.3 Å². The summed E-state index contributed by atoms with van der Waals surface area (Å²) in [6.07, 6.45) is 8.66. The van der Waals surface area contributed by atoms with Crippen molar-refractivity contribution in [2.24, 2.45) is 5.92 Å². The lowest BCUT2D eigenvalue weighted by Gasteiger charge is -2.05. The first-order valence-electron chi connectivity index (χ1n) is 4.13. The molecule has 0 fully saturated rings. The SMILES string of the molecule is CCOC(=O)C1C=CC=C(Cl)C=C1. The van der Waals surface area contributed by atoms with Crippen molar-refractivity contribution in [2.45, 2.75) is 6.92 Å². The third-order valence-electron chi connectivity index (χ3n) is 1.60. The largest absolute Gasteiger partial charge is 0.465 e. The molecule has 2 nitrogen and oxygen atoms in total. The number of rotatable bonds is 2. The van der Waals surface area contributed by atoms with Gasteiger partial charge in [0.15, 0.2) is 0 Å². The topological polar surface area (TPSA) is 26.3 Å². The lowest BCUT2D eigenvalue weighted by Crippen LogP contribution is -2.13. The molecular weight excluding hydrogens is 188 g/mol. The summed E-state index contributed by atoms with van der Waals surface area (Å²) >= 11 is 5.74. The summed E-state index contributed by atoms with van der Waals surface area (Å²) in [6, 6.07) is 0. The van der Waals surface area contributed by atoms with Crippen molar-refractivity contribution in [3.05, 3.63) is 35.4 Å². The molecule has 0 bridgehead atoms. The number of allylic oxidation sites excluding steroid dienone is 4. The molecule has 0 saturated carbocycles. The highest BCUT2D eigenvalue weighted by molar-refractivity contribution is 6.31. The van der Waals surface area contributed by atoms with Crippen LogP contribution >= 0.6 is 11.6 Å². The van der Waals surface area contributed by atoms with Crippen LogP contribution in [0.2, 0.25) is 0 Å². The van der Waals surface area contributed by atoms with E-state index in [1.165, 1.54) is 0 Å². The maximum atomic E-state index is 11.3. The van der Waals surface area contributed by atoms with Gasteiger partial charge in [0, 0.05) is 5.03 Å². The Hall–Kier alpha value is -1.02. The Morgan fingerprint density at radius 2 is 2.38 bits per heavy atom. The molecule has 0 aliphatic heterocycles. The molecule has 0 N–H and O–H groups in total. The molecule has 1 unspecified atom stereocenters. The van der Waals surface area contributed by atoms with Gasteiger partial charge < -0.3 is 4.74 Å². The van der Waals surface area contributed by atoms with E-state index in [0.29, 0.717) is 11.6 Å². The number of esters is 1. The second kappa shape index (κ2) is 4.87. The predicted molar refractivity (Wildman–Crippen MR) is 52.3 cm³/mol. The van der Waals surface area contributed by atoms with Crippen LogP contribution in [0.5, 0.6) is 0 Å². The highest BCUT2D eigenvalue weighted by Gasteiger charge is 2.13. The van der Waals surface area contributed by atoms with Gasteiger partial charge >= 0.3 is 5.97 Å². The predicted octanol–water partition coefficient (Wildman–Crippen LogP) is 2.41. The minimum absolute atomic E-state index is 0.241. The summed E-state index contributed by atoms with van der Waals surface area (Å²) in [5, 5.41) is 0.614. The first kappa shape index (κ1) is 10.1. The maximum Gasteiger partial charge on any atom is 0.316 e. The lowest BCUT2D eigenvalue weighted by atomic mass is 10.1. The molecule has 3 heteroatoms. The van der Waals surface area contributed by atoms with Gasteiger partial charge in [-0.1, -0.05) is 29.8 Å². The average molecular weight is 199 g/mol. The van der Waals surface area contributed by atoms with Crippen LogP contribution in [0.25, 0.3) is 0 Å². The standard InChI is InChI=1S/C10H11ClO2/c1-2-13-10(12)8-4-3-5-9(11)7-6-8/h3-8H,2H2,1H3. The van der Waals surface area contributed by atoms with E-state index in [2.05, 4.69) is 0 Å². The molecule has 0 heterocycles. The highest BCUT2D eigenvalue weighted by atomic mass is 35.5. The van der Waals surface area contributed by atoms with E-state index in [0.717, 1.165) is 0 Å². The molecule has 0 aromatic carbocycles. The quantitative estimate of drug-likeness (QED) is 0.637. The molecule has 1 aliphatic carbocycles. The lowest BCUT2D eigenvalue weighted by molar-refractivity contribution is -0.144. The smallest absolute Gasteiger partial charge is 0.316 e. The van der Waals surface area contributed by atoms with Crippen molar-refractivity contribution in [2.75, 3.05) is 6.61 Å². The molecule has 0 spiro atoms. The molecule has 70 valence electrons. The third kappa shape index (κ3) is 3.07. The van der Waals surface area contributed by atoms with Crippen LogP contribution < -0.4 is 0 Å². The zero-order valence-corrected chi connectivity index (χ0v) is 8.12. The summed E-state index contributed by atoms with van der Waals surface area (Å²) in [7, 11) is 0. The van der Waals surface area contributed by atoms with E-state index in [9.17, 15) is 4.79 Å². The van der Waals surface area contributed by atoms with Crippen molar-refractivity contribution in [3.63, 3.8) is 0 Å². The molecule has 1 atom stereocenters. The minimum Gasteiger partial charge on any atom is -0.465 e. The molecule has 0 amide bonds. The van der Waals surface area contributed by atoms with Crippen LogP contribution in [0, 0.1) is 5.92 Å². The number of carbonyl (C=O) groups excluding carboxylic acids is 1. The second-order valence-corrected chi connectivity index (χ2v) is 3.01. The number of carbonyl (C=O) groups is 1. The third-order valence-corrected chi connectivity index (χ3v) is 1.85. The van der Waals surface area contributed by atoms with E-state index in [1.807, 2.05) is 0 Å². The fourth-order valence-corrected chi connectivity index (χ4v) is 1.12. The van der Waals surface area contributed by atoms with Gasteiger partial charge in [-0.25, -0.2) is 0 Å². The van der Waals surface area contributed by atoms with Gasteiger partial charge in [0.1, 0.15) is 0 Å². The van der Waals surface area contributed by atoms with Crippen LogP contribution in [-0.4, -0.2) is 12.6 Å². The van der Waals surface area contributed by atoms with E-state index in [1.54, 1.807) is 37.3 Å². The van der Waals surface area contributed by atoms with Crippen LogP contribution in [0.4, 0.5) is 0 Å². The summed E-state index contributed by atoms with van der Waals surface area (Å²) in [6.45, 7) is 2.19. The van der Waals surface area contributed by atoms with Crippen molar-refractivity contribution in [1.29, 1.82) is 0 Å². The Morgan fingerprint density at radius 1 is 1.62 bits per heavy atom. The van der Waals surface area contributed by atoms with Crippen LogP contribution in [0.1, 0.15) is 6.92 Å². The van der Waals surface area contributed by atoms with E-state index >= 15 is 0 Å². The van der Waals surface area contributed by atoms with Crippen molar-refractivity contribution < 1.29 is 9.53 Å². The molecule has 0 aromatic heterocycles. The first-order valence-corrected chi connectivity index (χ1v) is 4.50. The summed E-state index contributed by atoms with van der Waals surface area (Å²) < 4.78 is 4.86. The summed E-state index contributed by atoms with van der Waals surface area (Å²) in [4.78, 5) is 11.3. The van der Waals surface area contributed by atoms with Crippen molar-refractivity contribution in [1.82, 2.24) is 0 Å². The Bertz CT molecular complexity index is 277. The Labute approximate surface area is 82.5 Å². The number of hydrogen-bond donors (Lipinski definition) is 0. The highest BCUT2D eigenvalue weighted by Crippen LogP contribution is 2.13. The monoisotopic (exact) mass is 198 g/mol. The summed E-state index contributed by atoms with van der Waals surface area (Å²) in [5.74, 6) is -0.554. The molecule has 13 heavy (non-hydrogen) atoms. The van der Waals surface area contributed by atoms with Gasteiger partial charge in [-0.2, -0.15) is 0 Å². The van der Waals surface area contributed by atoms with Crippen molar-refractivity contribution >= 4 is 17.6 Å². The van der Waals surface area contributed by atoms with E-state index in [-0.39, 0.29) is 11.9 Å². The van der Waals surface area contributed by atoms with Crippen molar-refractivity contribution in [3.8, 4) is 0 Å². The van der Waals surface area contributed by atoms with Crippen LogP contribution in [0.15, 0.2) is 35.4 Å². The normalized spacial score (nSPS) is 20.8. The number of ether oxygens (including phenoxy) is 1. The zero-order valence-electron chi connectivity index (χ0n) is 7.37. The molecule has 0 saturated heterocycles. The molecule has 0 aromatic rings. The van der Waals surface area contributed by atoms with Gasteiger partial charge in [-0.05, 0) is 19.1 Å². The Kier molecular flexibility index (Phi) is 3.77. The number of hydrogen-bond acceptors (Lipinski definition) is 2. The molecule has 1 aliphatic rings. The number of halogens is 1. The Morgan fingerprint density at radius 3 is 3.08 bits per heavy atom. The second-order valence-electron chi connectivity index (χ2n) is 2.57. The van der Waals surface area contributed by atoms with E-state index < -0.39 is 0 Å². The van der Waals surface area contributed by atoms with Gasteiger partial charge in [0.2, 0.25) is 0 Å². The fraction of sp³-hybridized carbons (Fsp3) is 0.300. The fourth-order valence-electron chi connectivity index (χ4n) is 0.978. The molecule has 0 radical (unpaired) electrons. The van der Waals surface area contributed by atoms with Gasteiger partial charge in [0.05, 0.1) is 12.5 Å². The van der Waals surface area contributed by atoms with Gasteiger partial charge in [-0.15, -0.1) is 0 Å². The first-order chi connectivity index (χ1) is 6.24. The van der Waals surface area contributed by atoms with Gasteiger partial charge in [0.25, 0.3) is 0 Å². The maximum absolute atomic E-state index is 11.3. The van der Waals surface area contributed by atoms with Crippen LogP contribution in [0.3, 0.4) is 0 Å². The van der Waals surface area contributed by atoms with Crippen LogP contribution in [-0.2, 0) is 9.53 Å². The Balaban J connectivity index is 2.64. The molecule has 1 rings (SSSR count). The average Bonchev–Trinajstić information content (AvgIpc) is 2.30. The zero-order chi connectivity index (χ0) is 9.68. The minimum atomic E-state index is -0.313. The molecular formula is C10H11ClO2. The van der Waals surface area contributed by atoms with Gasteiger partial charge in [-0.3, -0.25) is 4.79 Å². The summed E-state index contributed by atoms with van der Waals surface area (Å²) in [5.41, 5.74) is 0.